The topological polar surface area (TPSA) is 65.7 Å². The Hall–Kier alpha value is -2.28. The van der Waals surface area contributed by atoms with Crippen LogP contribution in [-0.2, 0) is 19.3 Å². The Morgan fingerprint density at radius 1 is 1.19 bits per heavy atom. The summed E-state index contributed by atoms with van der Waals surface area (Å²) in [6, 6.07) is 6.04. The van der Waals surface area contributed by atoms with Gasteiger partial charge in [-0.1, -0.05) is 20.8 Å². The quantitative estimate of drug-likeness (QED) is 0.512. The maximum Gasteiger partial charge on any atom is 0.174 e. The van der Waals surface area contributed by atoms with E-state index in [1.54, 1.807) is 23.2 Å². The molecule has 0 fully saturated rings. The Bertz CT molecular complexity index is 871. The normalized spacial score (nSPS) is 11.3. The summed E-state index contributed by atoms with van der Waals surface area (Å²) < 4.78 is 5.53. The van der Waals surface area contributed by atoms with E-state index in [1.165, 1.54) is 16.3 Å². The highest BCUT2D eigenvalue weighted by Gasteiger charge is 2.10. The molecule has 0 aliphatic carbocycles. The van der Waals surface area contributed by atoms with Crippen molar-refractivity contribution in [2.45, 2.75) is 58.8 Å². The second kappa shape index (κ2) is 9.08. The molecule has 0 aliphatic rings. The Balaban J connectivity index is 1.61. The number of methoxy groups -OCH3 is 1. The maximum atomic E-state index is 5.53. The highest BCUT2D eigenvalue weighted by Crippen LogP contribution is 2.24. The number of thiazole rings is 1. The van der Waals surface area contributed by atoms with Gasteiger partial charge in [-0.3, -0.25) is 0 Å². The minimum atomic E-state index is 0.509. The average molecular weight is 386 g/mol. The number of unbranched alkanes of at least 4 members (excludes halogenated alkanes) is 1. The molecule has 3 rings (SSSR count). The lowest BCUT2D eigenvalue weighted by Gasteiger charge is -2.10. The predicted octanol–water partition coefficient (Wildman–Crippen LogP) is 4.38. The number of ether oxygens (including phenoxy) is 1. The number of aromatic nitrogens is 5. The molecule has 0 aliphatic heterocycles. The largest absolute Gasteiger partial charge is 0.496 e. The lowest BCUT2D eigenvalue weighted by Crippen LogP contribution is -2.02. The van der Waals surface area contributed by atoms with E-state index >= 15 is 0 Å². The van der Waals surface area contributed by atoms with Crippen LogP contribution in [0.3, 0.4) is 0 Å². The molecule has 0 N–H and O–H groups in total. The molecule has 1 aromatic carbocycles. The molecule has 0 atom stereocenters. The molecule has 0 saturated heterocycles. The molecule has 2 heterocycles. The van der Waals surface area contributed by atoms with E-state index in [2.05, 4.69) is 40.7 Å². The minimum Gasteiger partial charge on any atom is -0.496 e. The van der Waals surface area contributed by atoms with Gasteiger partial charge in [0.25, 0.3) is 0 Å². The minimum absolute atomic E-state index is 0.509. The molecular formula is C20H27N5OS. The lowest BCUT2D eigenvalue weighted by molar-refractivity contribution is 0.408. The van der Waals surface area contributed by atoms with Gasteiger partial charge < -0.3 is 4.74 Å². The third kappa shape index (κ3) is 4.91. The van der Waals surface area contributed by atoms with E-state index < -0.39 is 0 Å². The number of hydrogen-bond acceptors (Lipinski definition) is 6. The van der Waals surface area contributed by atoms with Crippen molar-refractivity contribution in [1.29, 1.82) is 0 Å². The molecule has 0 amide bonds. The Kier molecular flexibility index (Phi) is 6.55. The molecule has 6 nitrogen and oxygen atoms in total. The third-order valence-electron chi connectivity index (χ3n) is 4.46. The van der Waals surface area contributed by atoms with Crippen LogP contribution in [0.5, 0.6) is 5.75 Å². The molecule has 2 aromatic heterocycles. The standard InChI is InChI=1S/C20H27N5OS/c1-5-19-22-24-25(23-19)17-10-11-18(26-4)15(12-17)8-6-7-9-16-13-27-20(21-16)14(2)3/h10-14H,5-9H2,1-4H3. The molecule has 0 saturated carbocycles. The number of tetrazole rings is 1. The van der Waals surface area contributed by atoms with E-state index in [9.17, 15) is 0 Å². The number of rotatable bonds is 9. The summed E-state index contributed by atoms with van der Waals surface area (Å²) in [5.74, 6) is 2.16. The van der Waals surface area contributed by atoms with Crippen LogP contribution in [0.15, 0.2) is 23.6 Å². The summed E-state index contributed by atoms with van der Waals surface area (Å²) in [7, 11) is 1.71. The van der Waals surface area contributed by atoms with Gasteiger partial charge in [-0.15, -0.1) is 26.3 Å². The zero-order valence-corrected chi connectivity index (χ0v) is 17.3. The number of hydrogen-bond donors (Lipinski definition) is 0. The van der Waals surface area contributed by atoms with Crippen molar-refractivity contribution in [2.24, 2.45) is 0 Å². The summed E-state index contributed by atoms with van der Waals surface area (Å²) in [4.78, 5) is 6.31. The maximum absolute atomic E-state index is 5.53. The van der Waals surface area contributed by atoms with Gasteiger partial charge in [0.05, 0.1) is 23.5 Å². The Morgan fingerprint density at radius 2 is 2.00 bits per heavy atom. The summed E-state index contributed by atoms with van der Waals surface area (Å²) in [6.07, 6.45) is 4.94. The molecule has 0 bridgehead atoms. The van der Waals surface area contributed by atoms with Crippen LogP contribution in [0.4, 0.5) is 0 Å². The molecule has 144 valence electrons. The fourth-order valence-electron chi connectivity index (χ4n) is 2.90. The fraction of sp³-hybridized carbons (Fsp3) is 0.500. The molecule has 0 spiro atoms. The highest BCUT2D eigenvalue weighted by atomic mass is 32.1. The Morgan fingerprint density at radius 3 is 2.67 bits per heavy atom. The second-order valence-corrected chi connectivity index (χ2v) is 7.77. The van der Waals surface area contributed by atoms with Crippen molar-refractivity contribution in [1.82, 2.24) is 25.2 Å². The first-order valence-electron chi connectivity index (χ1n) is 9.51. The van der Waals surface area contributed by atoms with Gasteiger partial charge in [0.15, 0.2) is 5.82 Å². The van der Waals surface area contributed by atoms with Crippen LogP contribution in [0.2, 0.25) is 0 Å². The zero-order chi connectivity index (χ0) is 19.2. The summed E-state index contributed by atoms with van der Waals surface area (Å²) >= 11 is 1.77. The first-order chi connectivity index (χ1) is 13.1. The van der Waals surface area contributed by atoms with Gasteiger partial charge >= 0.3 is 0 Å². The molecule has 7 heteroatoms. The van der Waals surface area contributed by atoms with Crippen molar-refractivity contribution in [3.8, 4) is 11.4 Å². The van der Waals surface area contributed by atoms with Gasteiger partial charge in [-0.2, -0.15) is 0 Å². The Labute approximate surface area is 164 Å². The number of aryl methyl sites for hydroxylation is 3. The van der Waals surface area contributed by atoms with Crippen molar-refractivity contribution in [3.05, 3.63) is 45.7 Å². The predicted molar refractivity (Wildman–Crippen MR) is 108 cm³/mol. The SMILES string of the molecule is CCc1nnn(-c2ccc(OC)c(CCCCc3csc(C(C)C)n3)c2)n1. The molecule has 0 radical (unpaired) electrons. The second-order valence-electron chi connectivity index (χ2n) is 6.88. The van der Waals surface area contributed by atoms with Gasteiger partial charge in [-0.05, 0) is 54.7 Å². The van der Waals surface area contributed by atoms with E-state index in [4.69, 9.17) is 9.72 Å². The number of nitrogens with zero attached hydrogens (tertiary/aromatic N) is 5. The van der Waals surface area contributed by atoms with Crippen LogP contribution in [0, 0.1) is 0 Å². The molecular weight excluding hydrogens is 358 g/mol. The van der Waals surface area contributed by atoms with Gasteiger partial charge in [-0.25, -0.2) is 4.98 Å². The van der Waals surface area contributed by atoms with Crippen LogP contribution in [0.25, 0.3) is 5.69 Å². The number of benzene rings is 1. The first kappa shape index (κ1) is 19.5. The fourth-order valence-corrected chi connectivity index (χ4v) is 3.77. The zero-order valence-electron chi connectivity index (χ0n) is 16.5. The van der Waals surface area contributed by atoms with E-state index in [0.29, 0.717) is 5.92 Å². The average Bonchev–Trinajstić information content (AvgIpc) is 3.34. The van der Waals surface area contributed by atoms with Crippen LogP contribution >= 0.6 is 11.3 Å². The van der Waals surface area contributed by atoms with Gasteiger partial charge in [0.2, 0.25) is 0 Å². The summed E-state index contributed by atoms with van der Waals surface area (Å²) in [6.45, 7) is 6.40. The van der Waals surface area contributed by atoms with Crippen molar-refractivity contribution >= 4 is 11.3 Å². The smallest absolute Gasteiger partial charge is 0.174 e. The summed E-state index contributed by atoms with van der Waals surface area (Å²) in [5.41, 5.74) is 3.30. The van der Waals surface area contributed by atoms with Crippen LogP contribution < -0.4 is 4.74 Å². The van der Waals surface area contributed by atoms with Crippen LogP contribution in [-0.4, -0.2) is 32.3 Å². The van der Waals surface area contributed by atoms with Gasteiger partial charge in [0.1, 0.15) is 5.75 Å². The van der Waals surface area contributed by atoms with E-state index in [-0.39, 0.29) is 0 Å². The highest BCUT2D eigenvalue weighted by molar-refractivity contribution is 7.09. The molecule has 3 aromatic rings. The lowest BCUT2D eigenvalue weighted by atomic mass is 10.0. The van der Waals surface area contributed by atoms with Crippen molar-refractivity contribution in [3.63, 3.8) is 0 Å². The molecule has 0 unspecified atom stereocenters. The van der Waals surface area contributed by atoms with Crippen LogP contribution in [0.1, 0.15) is 61.6 Å². The van der Waals surface area contributed by atoms with E-state index in [0.717, 1.165) is 49.4 Å². The van der Waals surface area contributed by atoms with Crippen molar-refractivity contribution < 1.29 is 4.74 Å². The third-order valence-corrected chi connectivity index (χ3v) is 5.65. The summed E-state index contributed by atoms with van der Waals surface area (Å²) in [5, 5.41) is 16.0. The molecule has 27 heavy (non-hydrogen) atoms. The first-order valence-corrected chi connectivity index (χ1v) is 10.4. The van der Waals surface area contributed by atoms with E-state index in [1.807, 2.05) is 19.1 Å². The monoisotopic (exact) mass is 385 g/mol. The van der Waals surface area contributed by atoms with Gasteiger partial charge in [0, 0.05) is 17.7 Å². The van der Waals surface area contributed by atoms with Crippen molar-refractivity contribution in [2.75, 3.05) is 7.11 Å².